The molecule has 2 rings (SSSR count). The first-order valence-corrected chi connectivity index (χ1v) is 6.74. The lowest BCUT2D eigenvalue weighted by molar-refractivity contribution is 0.0940. The standard InChI is InChI=1S/C15H12Cl2FNO/c1-9(10-2-5-12(18)6-3-10)19-15(20)11-4-7-13(16)14(17)8-11/h2-9H,1H3,(H,19,20). The first-order valence-electron chi connectivity index (χ1n) is 5.99. The zero-order chi connectivity index (χ0) is 14.7. The zero-order valence-corrected chi connectivity index (χ0v) is 12.2. The fourth-order valence-electron chi connectivity index (χ4n) is 1.75. The number of rotatable bonds is 3. The maximum absolute atomic E-state index is 12.8. The highest BCUT2D eigenvalue weighted by molar-refractivity contribution is 6.42. The third-order valence-corrected chi connectivity index (χ3v) is 3.64. The van der Waals surface area contributed by atoms with Gasteiger partial charge in [-0.3, -0.25) is 4.79 Å². The molecule has 2 aromatic rings. The maximum atomic E-state index is 12.8. The van der Waals surface area contributed by atoms with E-state index in [2.05, 4.69) is 5.32 Å². The summed E-state index contributed by atoms with van der Waals surface area (Å²) in [7, 11) is 0. The largest absolute Gasteiger partial charge is 0.346 e. The summed E-state index contributed by atoms with van der Waals surface area (Å²) in [5, 5.41) is 3.54. The molecule has 0 spiro atoms. The van der Waals surface area contributed by atoms with Gasteiger partial charge in [-0.2, -0.15) is 0 Å². The lowest BCUT2D eigenvalue weighted by Gasteiger charge is -2.14. The second-order valence-electron chi connectivity index (χ2n) is 4.38. The van der Waals surface area contributed by atoms with Gasteiger partial charge >= 0.3 is 0 Å². The van der Waals surface area contributed by atoms with Gasteiger partial charge in [-0.1, -0.05) is 35.3 Å². The zero-order valence-electron chi connectivity index (χ0n) is 10.7. The second kappa shape index (κ2) is 6.25. The third kappa shape index (κ3) is 3.50. The highest BCUT2D eigenvalue weighted by Crippen LogP contribution is 2.23. The molecule has 0 fully saturated rings. The number of amides is 1. The van der Waals surface area contributed by atoms with E-state index in [0.717, 1.165) is 5.56 Å². The molecule has 2 nitrogen and oxygen atoms in total. The molecule has 0 aliphatic carbocycles. The van der Waals surface area contributed by atoms with Crippen molar-refractivity contribution in [3.8, 4) is 0 Å². The first kappa shape index (κ1) is 14.8. The van der Waals surface area contributed by atoms with E-state index in [1.807, 2.05) is 6.92 Å². The van der Waals surface area contributed by atoms with Crippen LogP contribution in [-0.4, -0.2) is 5.91 Å². The van der Waals surface area contributed by atoms with Gasteiger partial charge < -0.3 is 5.32 Å². The Morgan fingerprint density at radius 3 is 2.35 bits per heavy atom. The highest BCUT2D eigenvalue weighted by Gasteiger charge is 2.12. The van der Waals surface area contributed by atoms with Crippen LogP contribution in [0.4, 0.5) is 4.39 Å². The molecular formula is C15H12Cl2FNO. The highest BCUT2D eigenvalue weighted by atomic mass is 35.5. The van der Waals surface area contributed by atoms with E-state index >= 15 is 0 Å². The summed E-state index contributed by atoms with van der Waals surface area (Å²) in [6, 6.07) is 10.4. The Labute approximate surface area is 126 Å². The van der Waals surface area contributed by atoms with Crippen molar-refractivity contribution >= 4 is 29.1 Å². The molecule has 0 aliphatic heterocycles. The molecule has 0 aliphatic rings. The van der Waals surface area contributed by atoms with Gasteiger partial charge in [0.25, 0.3) is 5.91 Å². The predicted molar refractivity (Wildman–Crippen MR) is 78.7 cm³/mol. The molecule has 20 heavy (non-hydrogen) atoms. The molecule has 2 aromatic carbocycles. The molecule has 0 saturated heterocycles. The molecule has 0 saturated carbocycles. The summed E-state index contributed by atoms with van der Waals surface area (Å²) in [6.07, 6.45) is 0. The van der Waals surface area contributed by atoms with Crippen LogP contribution in [-0.2, 0) is 0 Å². The van der Waals surface area contributed by atoms with Crippen molar-refractivity contribution in [2.45, 2.75) is 13.0 Å². The van der Waals surface area contributed by atoms with E-state index in [1.165, 1.54) is 18.2 Å². The van der Waals surface area contributed by atoms with E-state index < -0.39 is 0 Å². The molecule has 0 radical (unpaired) electrons. The van der Waals surface area contributed by atoms with Crippen LogP contribution in [0.3, 0.4) is 0 Å². The second-order valence-corrected chi connectivity index (χ2v) is 5.19. The number of carbonyl (C=O) groups is 1. The molecule has 5 heteroatoms. The summed E-state index contributed by atoms with van der Waals surface area (Å²) >= 11 is 11.7. The Hall–Kier alpha value is -1.58. The van der Waals surface area contributed by atoms with Crippen molar-refractivity contribution in [2.75, 3.05) is 0 Å². The van der Waals surface area contributed by atoms with Crippen molar-refractivity contribution in [1.29, 1.82) is 0 Å². The van der Waals surface area contributed by atoms with E-state index in [1.54, 1.807) is 24.3 Å². The quantitative estimate of drug-likeness (QED) is 0.880. The summed E-state index contributed by atoms with van der Waals surface area (Å²) < 4.78 is 12.8. The molecule has 1 N–H and O–H groups in total. The van der Waals surface area contributed by atoms with Gasteiger partial charge in [0.1, 0.15) is 5.82 Å². The smallest absolute Gasteiger partial charge is 0.251 e. The summed E-state index contributed by atoms with van der Waals surface area (Å²) in [5.74, 6) is -0.572. The Bertz CT molecular complexity index is 628. The van der Waals surface area contributed by atoms with E-state index in [0.29, 0.717) is 15.6 Å². The minimum atomic E-state index is -0.309. The number of halogens is 3. The summed E-state index contributed by atoms with van der Waals surface area (Å²) in [4.78, 5) is 12.1. The predicted octanol–water partition coefficient (Wildman–Crippen LogP) is 4.62. The monoisotopic (exact) mass is 311 g/mol. The average Bonchev–Trinajstić information content (AvgIpc) is 2.42. The van der Waals surface area contributed by atoms with Crippen LogP contribution in [0.15, 0.2) is 42.5 Å². The lowest BCUT2D eigenvalue weighted by atomic mass is 10.1. The van der Waals surface area contributed by atoms with Crippen molar-refractivity contribution in [3.63, 3.8) is 0 Å². The molecule has 1 atom stereocenters. The van der Waals surface area contributed by atoms with E-state index in [9.17, 15) is 9.18 Å². The van der Waals surface area contributed by atoms with Crippen molar-refractivity contribution in [2.24, 2.45) is 0 Å². The van der Waals surface area contributed by atoms with Crippen LogP contribution in [0.1, 0.15) is 28.9 Å². The Morgan fingerprint density at radius 1 is 1.10 bits per heavy atom. The van der Waals surface area contributed by atoms with Crippen LogP contribution >= 0.6 is 23.2 Å². The molecule has 0 aromatic heterocycles. The molecule has 1 amide bonds. The molecule has 104 valence electrons. The van der Waals surface area contributed by atoms with Crippen molar-refractivity contribution in [3.05, 3.63) is 69.5 Å². The number of benzene rings is 2. The van der Waals surface area contributed by atoms with E-state index in [4.69, 9.17) is 23.2 Å². The minimum Gasteiger partial charge on any atom is -0.346 e. The van der Waals surface area contributed by atoms with Gasteiger partial charge in [0.05, 0.1) is 16.1 Å². The van der Waals surface area contributed by atoms with Gasteiger partial charge in [0.2, 0.25) is 0 Å². The molecular weight excluding hydrogens is 300 g/mol. The van der Waals surface area contributed by atoms with Gasteiger partial charge in [0.15, 0.2) is 0 Å². The number of carbonyl (C=O) groups excluding carboxylic acids is 1. The summed E-state index contributed by atoms with van der Waals surface area (Å²) in [5.41, 5.74) is 1.24. The first-order chi connectivity index (χ1) is 9.47. The maximum Gasteiger partial charge on any atom is 0.251 e. The normalized spacial score (nSPS) is 12.0. The van der Waals surface area contributed by atoms with E-state index in [-0.39, 0.29) is 17.8 Å². The number of hydrogen-bond acceptors (Lipinski definition) is 1. The molecule has 1 unspecified atom stereocenters. The number of hydrogen-bond donors (Lipinski definition) is 1. The van der Waals surface area contributed by atoms with Crippen molar-refractivity contribution in [1.82, 2.24) is 5.32 Å². The average molecular weight is 312 g/mol. The van der Waals surface area contributed by atoms with Gasteiger partial charge in [-0.25, -0.2) is 4.39 Å². The molecule has 0 heterocycles. The van der Waals surface area contributed by atoms with Crippen LogP contribution in [0.5, 0.6) is 0 Å². The number of nitrogens with one attached hydrogen (secondary N) is 1. The lowest BCUT2D eigenvalue weighted by Crippen LogP contribution is -2.26. The fourth-order valence-corrected chi connectivity index (χ4v) is 2.05. The summed E-state index contributed by atoms with van der Waals surface area (Å²) in [6.45, 7) is 1.82. The third-order valence-electron chi connectivity index (χ3n) is 2.90. The minimum absolute atomic E-state index is 0.238. The Morgan fingerprint density at radius 2 is 1.75 bits per heavy atom. The molecule has 0 bridgehead atoms. The van der Waals surface area contributed by atoms with Crippen molar-refractivity contribution < 1.29 is 9.18 Å². The SMILES string of the molecule is CC(NC(=O)c1ccc(Cl)c(Cl)c1)c1ccc(F)cc1. The van der Waals surface area contributed by atoms with Gasteiger partial charge in [-0.15, -0.1) is 0 Å². The van der Waals surface area contributed by atoms with Crippen LogP contribution in [0, 0.1) is 5.82 Å². The Kier molecular flexibility index (Phi) is 4.63. The topological polar surface area (TPSA) is 29.1 Å². The fraction of sp³-hybridized carbons (Fsp3) is 0.133. The van der Waals surface area contributed by atoms with Crippen LogP contribution in [0.25, 0.3) is 0 Å². The van der Waals surface area contributed by atoms with Gasteiger partial charge in [-0.05, 0) is 42.8 Å². The Balaban J connectivity index is 2.10. The van der Waals surface area contributed by atoms with Crippen LogP contribution in [0.2, 0.25) is 10.0 Å². The van der Waals surface area contributed by atoms with Crippen LogP contribution < -0.4 is 5.32 Å². The van der Waals surface area contributed by atoms with Gasteiger partial charge in [0, 0.05) is 5.56 Å².